The van der Waals surface area contributed by atoms with Gasteiger partial charge in [0.25, 0.3) is 5.56 Å². The SMILES string of the molecule is COc1ccc(C)cc1-n1c(SCC(=O)N[C@H](C)C(C)C)nc2ccccc2c1=O. The van der Waals surface area contributed by atoms with Crippen LogP contribution in [0.15, 0.2) is 52.4 Å². The van der Waals surface area contributed by atoms with Crippen molar-refractivity contribution in [2.45, 2.75) is 38.9 Å². The lowest BCUT2D eigenvalue weighted by Crippen LogP contribution is -2.37. The number of carbonyl (C=O) groups is 1. The number of methoxy groups -OCH3 is 1. The molecule has 6 nitrogen and oxygen atoms in total. The molecule has 7 heteroatoms. The van der Waals surface area contributed by atoms with E-state index in [1.807, 2.05) is 44.2 Å². The number of rotatable bonds is 7. The number of hydrogen-bond acceptors (Lipinski definition) is 5. The van der Waals surface area contributed by atoms with Gasteiger partial charge >= 0.3 is 0 Å². The number of benzene rings is 2. The van der Waals surface area contributed by atoms with Crippen LogP contribution in [-0.2, 0) is 4.79 Å². The number of fused-ring (bicyclic) bond motifs is 1. The summed E-state index contributed by atoms with van der Waals surface area (Å²) >= 11 is 1.24. The highest BCUT2D eigenvalue weighted by Crippen LogP contribution is 2.28. The summed E-state index contributed by atoms with van der Waals surface area (Å²) in [6, 6.07) is 12.9. The summed E-state index contributed by atoms with van der Waals surface area (Å²) in [5.74, 6) is 0.981. The van der Waals surface area contributed by atoms with Gasteiger partial charge in [-0.1, -0.05) is 43.8 Å². The summed E-state index contributed by atoms with van der Waals surface area (Å²) in [5, 5.41) is 3.96. The number of carbonyl (C=O) groups excluding carboxylic acids is 1. The molecular formula is C23H27N3O3S. The monoisotopic (exact) mass is 425 g/mol. The largest absolute Gasteiger partial charge is 0.495 e. The Kier molecular flexibility index (Phi) is 6.82. The molecule has 0 bridgehead atoms. The van der Waals surface area contributed by atoms with Crippen LogP contribution in [0, 0.1) is 12.8 Å². The van der Waals surface area contributed by atoms with Crippen molar-refractivity contribution >= 4 is 28.6 Å². The molecule has 0 spiro atoms. The molecule has 3 aromatic rings. The van der Waals surface area contributed by atoms with Crippen molar-refractivity contribution in [1.29, 1.82) is 0 Å². The second-order valence-corrected chi connectivity index (χ2v) is 8.56. The second-order valence-electron chi connectivity index (χ2n) is 7.62. The molecule has 1 heterocycles. The van der Waals surface area contributed by atoms with Gasteiger partial charge in [-0.05, 0) is 49.6 Å². The molecule has 0 radical (unpaired) electrons. The quantitative estimate of drug-likeness (QED) is 0.458. The predicted molar refractivity (Wildman–Crippen MR) is 122 cm³/mol. The summed E-state index contributed by atoms with van der Waals surface area (Å²) in [7, 11) is 1.57. The van der Waals surface area contributed by atoms with Crippen molar-refractivity contribution in [2.24, 2.45) is 5.92 Å². The Morgan fingerprint density at radius 3 is 2.63 bits per heavy atom. The highest BCUT2D eigenvalue weighted by Gasteiger charge is 2.18. The number of nitrogens with one attached hydrogen (secondary N) is 1. The van der Waals surface area contributed by atoms with Gasteiger partial charge in [0, 0.05) is 6.04 Å². The molecule has 1 amide bonds. The average Bonchev–Trinajstić information content (AvgIpc) is 2.72. The first-order chi connectivity index (χ1) is 14.3. The lowest BCUT2D eigenvalue weighted by Gasteiger charge is -2.18. The van der Waals surface area contributed by atoms with Crippen LogP contribution in [0.4, 0.5) is 0 Å². The topological polar surface area (TPSA) is 73.2 Å². The van der Waals surface area contributed by atoms with E-state index in [-0.39, 0.29) is 23.3 Å². The fraction of sp³-hybridized carbons (Fsp3) is 0.348. The van der Waals surface area contributed by atoms with Crippen molar-refractivity contribution in [3.8, 4) is 11.4 Å². The van der Waals surface area contributed by atoms with E-state index in [1.54, 1.807) is 19.2 Å². The van der Waals surface area contributed by atoms with Crippen LogP contribution in [0.2, 0.25) is 0 Å². The molecule has 0 aliphatic rings. The van der Waals surface area contributed by atoms with E-state index in [9.17, 15) is 9.59 Å². The van der Waals surface area contributed by atoms with Gasteiger partial charge in [0.05, 0.1) is 29.5 Å². The van der Waals surface area contributed by atoms with Gasteiger partial charge in [-0.15, -0.1) is 0 Å². The van der Waals surface area contributed by atoms with Crippen molar-refractivity contribution in [3.63, 3.8) is 0 Å². The molecule has 0 aliphatic heterocycles. The Morgan fingerprint density at radius 1 is 1.20 bits per heavy atom. The van der Waals surface area contributed by atoms with Gasteiger partial charge < -0.3 is 10.1 Å². The zero-order valence-electron chi connectivity index (χ0n) is 17.9. The molecule has 30 heavy (non-hydrogen) atoms. The van der Waals surface area contributed by atoms with Crippen LogP contribution < -0.4 is 15.6 Å². The van der Waals surface area contributed by atoms with Crippen LogP contribution in [0.1, 0.15) is 26.3 Å². The van der Waals surface area contributed by atoms with E-state index < -0.39 is 0 Å². The molecule has 0 saturated heterocycles. The number of para-hydroxylation sites is 1. The third kappa shape index (κ3) is 4.67. The number of ether oxygens (including phenoxy) is 1. The minimum Gasteiger partial charge on any atom is -0.495 e. The Balaban J connectivity index is 2.07. The molecule has 0 fully saturated rings. The zero-order chi connectivity index (χ0) is 21.8. The molecule has 1 atom stereocenters. The van der Waals surface area contributed by atoms with Gasteiger partial charge in [-0.3, -0.25) is 14.2 Å². The van der Waals surface area contributed by atoms with Crippen molar-refractivity contribution in [1.82, 2.24) is 14.9 Å². The van der Waals surface area contributed by atoms with Crippen LogP contribution in [0.25, 0.3) is 16.6 Å². The fourth-order valence-electron chi connectivity index (χ4n) is 2.99. The van der Waals surface area contributed by atoms with Crippen molar-refractivity contribution < 1.29 is 9.53 Å². The number of amides is 1. The van der Waals surface area contributed by atoms with E-state index >= 15 is 0 Å². The number of hydrogen-bond donors (Lipinski definition) is 1. The highest BCUT2D eigenvalue weighted by atomic mass is 32.2. The van der Waals surface area contributed by atoms with Gasteiger partial charge in [0.15, 0.2) is 5.16 Å². The Bertz CT molecular complexity index is 1120. The third-order valence-corrected chi connectivity index (χ3v) is 5.98. The fourth-order valence-corrected chi connectivity index (χ4v) is 3.81. The molecule has 0 unspecified atom stereocenters. The molecule has 1 N–H and O–H groups in total. The molecule has 0 aliphatic carbocycles. The number of nitrogens with zero attached hydrogens (tertiary/aromatic N) is 2. The summed E-state index contributed by atoms with van der Waals surface area (Å²) in [5.41, 5.74) is 2.01. The maximum absolute atomic E-state index is 13.4. The molecule has 3 rings (SSSR count). The Morgan fingerprint density at radius 2 is 1.93 bits per heavy atom. The molecule has 0 saturated carbocycles. The first-order valence-electron chi connectivity index (χ1n) is 9.90. The summed E-state index contributed by atoms with van der Waals surface area (Å²) in [6.07, 6.45) is 0. The highest BCUT2D eigenvalue weighted by molar-refractivity contribution is 7.99. The smallest absolute Gasteiger partial charge is 0.266 e. The van der Waals surface area contributed by atoms with E-state index in [0.29, 0.717) is 33.4 Å². The van der Waals surface area contributed by atoms with E-state index in [2.05, 4.69) is 19.2 Å². The van der Waals surface area contributed by atoms with E-state index in [0.717, 1.165) is 5.56 Å². The lowest BCUT2D eigenvalue weighted by molar-refractivity contribution is -0.119. The van der Waals surface area contributed by atoms with E-state index in [4.69, 9.17) is 9.72 Å². The van der Waals surface area contributed by atoms with Gasteiger partial charge in [-0.25, -0.2) is 4.98 Å². The van der Waals surface area contributed by atoms with Crippen LogP contribution in [0.3, 0.4) is 0 Å². The van der Waals surface area contributed by atoms with Crippen LogP contribution in [-0.4, -0.2) is 34.4 Å². The number of aryl methyl sites for hydroxylation is 1. The molecule has 1 aromatic heterocycles. The Hall–Kier alpha value is -2.80. The van der Waals surface area contributed by atoms with Gasteiger partial charge in [-0.2, -0.15) is 0 Å². The maximum atomic E-state index is 13.4. The molecule has 158 valence electrons. The first-order valence-corrected chi connectivity index (χ1v) is 10.9. The minimum atomic E-state index is -0.192. The maximum Gasteiger partial charge on any atom is 0.266 e. The van der Waals surface area contributed by atoms with Crippen molar-refractivity contribution in [2.75, 3.05) is 12.9 Å². The molecule has 2 aromatic carbocycles. The first kappa shape index (κ1) is 21.9. The minimum absolute atomic E-state index is 0.0710. The van der Waals surface area contributed by atoms with Gasteiger partial charge in [0.1, 0.15) is 5.75 Å². The standard InChI is InChI=1S/C23H27N3O3S/c1-14(2)16(4)24-21(27)13-30-23-25-18-9-7-6-8-17(18)22(28)26(23)19-12-15(3)10-11-20(19)29-5/h6-12,14,16H,13H2,1-5H3,(H,24,27)/t16-/m1/s1. The average molecular weight is 426 g/mol. The zero-order valence-corrected chi connectivity index (χ0v) is 18.7. The summed E-state index contributed by atoms with van der Waals surface area (Å²) in [4.78, 5) is 30.5. The number of aromatic nitrogens is 2. The van der Waals surface area contributed by atoms with Crippen LogP contribution >= 0.6 is 11.8 Å². The van der Waals surface area contributed by atoms with Gasteiger partial charge in [0.2, 0.25) is 5.91 Å². The summed E-state index contributed by atoms with van der Waals surface area (Å²) < 4.78 is 7.05. The lowest BCUT2D eigenvalue weighted by atomic mass is 10.1. The molecular weight excluding hydrogens is 398 g/mol. The summed E-state index contributed by atoms with van der Waals surface area (Å²) in [6.45, 7) is 8.06. The second kappa shape index (κ2) is 9.34. The predicted octanol–water partition coefficient (Wildman–Crippen LogP) is 3.96. The van der Waals surface area contributed by atoms with Crippen molar-refractivity contribution in [3.05, 3.63) is 58.4 Å². The van der Waals surface area contributed by atoms with Crippen LogP contribution in [0.5, 0.6) is 5.75 Å². The Labute approximate surface area is 180 Å². The normalized spacial score (nSPS) is 12.2. The van der Waals surface area contributed by atoms with E-state index in [1.165, 1.54) is 16.3 Å². The third-order valence-electron chi connectivity index (χ3n) is 5.04. The number of thioether (sulfide) groups is 1.